The summed E-state index contributed by atoms with van der Waals surface area (Å²) in [6.07, 6.45) is 7.07. The number of hydrogen-bond acceptors (Lipinski definition) is 6. The van der Waals surface area contributed by atoms with Crippen LogP contribution in [0.5, 0.6) is 0 Å². The van der Waals surface area contributed by atoms with Gasteiger partial charge in [0.25, 0.3) is 5.91 Å². The molecule has 1 aromatic carbocycles. The van der Waals surface area contributed by atoms with Gasteiger partial charge in [0.2, 0.25) is 11.9 Å². The molecule has 7 heteroatoms. The number of anilines is 1. The van der Waals surface area contributed by atoms with Crippen molar-refractivity contribution in [3.63, 3.8) is 0 Å². The van der Waals surface area contributed by atoms with Crippen LogP contribution in [-0.2, 0) is 0 Å². The largest absolute Gasteiger partial charge is 0.369 e. The number of nitrogens with zero attached hydrogens (tertiary/aromatic N) is 3. The second kappa shape index (κ2) is 6.06. The van der Waals surface area contributed by atoms with Crippen LogP contribution >= 0.6 is 0 Å². The van der Waals surface area contributed by atoms with Crippen LogP contribution < -0.4 is 21.7 Å². The maximum atomic E-state index is 12.7. The van der Waals surface area contributed by atoms with Gasteiger partial charge in [-0.1, -0.05) is 18.6 Å². The number of aliphatic imine (C=N–C) groups is 2. The van der Waals surface area contributed by atoms with Crippen LogP contribution in [0.2, 0.25) is 0 Å². The first kappa shape index (κ1) is 15.9. The lowest BCUT2D eigenvalue weighted by atomic mass is 9.87. The molecule has 1 aliphatic heterocycles. The van der Waals surface area contributed by atoms with Crippen LogP contribution in [0.4, 0.5) is 5.69 Å². The smallest absolute Gasteiger partial charge is 0.253 e. The standard InChI is InChI=1S/C18H24N6O/c19-16-22-17(20)24(18(23-16)10-4-1-5-11-18)14-7-3-2-6-13(14)15(25)21-12-8-9-12/h2-3,6-7,12H,1,4-5,8-11H2,(H,21,25)(H4,19,20,22,23). The van der Waals surface area contributed by atoms with Gasteiger partial charge in [0.05, 0.1) is 11.3 Å². The molecule has 25 heavy (non-hydrogen) atoms. The van der Waals surface area contributed by atoms with Gasteiger partial charge in [-0.05, 0) is 50.7 Å². The van der Waals surface area contributed by atoms with Gasteiger partial charge in [0, 0.05) is 6.04 Å². The van der Waals surface area contributed by atoms with Crippen molar-refractivity contribution in [3.8, 4) is 0 Å². The molecule has 0 saturated heterocycles. The van der Waals surface area contributed by atoms with Crippen molar-refractivity contribution in [2.45, 2.75) is 56.7 Å². The third-order valence-electron chi connectivity index (χ3n) is 5.15. The van der Waals surface area contributed by atoms with E-state index in [1.807, 2.05) is 29.2 Å². The summed E-state index contributed by atoms with van der Waals surface area (Å²) in [6.45, 7) is 0. The van der Waals surface area contributed by atoms with Crippen molar-refractivity contribution >= 4 is 23.5 Å². The van der Waals surface area contributed by atoms with Gasteiger partial charge in [-0.25, -0.2) is 4.99 Å². The second-order valence-electron chi connectivity index (χ2n) is 7.08. The molecule has 0 bridgehead atoms. The van der Waals surface area contributed by atoms with E-state index in [0.29, 0.717) is 17.6 Å². The molecule has 1 heterocycles. The molecule has 7 nitrogen and oxygen atoms in total. The molecule has 4 rings (SSSR count). The number of amides is 1. The zero-order valence-electron chi connectivity index (χ0n) is 14.2. The Morgan fingerprint density at radius 1 is 1.16 bits per heavy atom. The highest BCUT2D eigenvalue weighted by Crippen LogP contribution is 2.40. The molecular weight excluding hydrogens is 316 g/mol. The summed E-state index contributed by atoms with van der Waals surface area (Å²) in [4.78, 5) is 23.5. The lowest BCUT2D eigenvalue weighted by Gasteiger charge is -2.46. The maximum Gasteiger partial charge on any atom is 0.253 e. The molecule has 132 valence electrons. The molecule has 0 atom stereocenters. The summed E-state index contributed by atoms with van der Waals surface area (Å²) in [5.41, 5.74) is 13.0. The Morgan fingerprint density at radius 2 is 1.88 bits per heavy atom. The van der Waals surface area contributed by atoms with Gasteiger partial charge in [-0.3, -0.25) is 9.69 Å². The minimum absolute atomic E-state index is 0.0700. The molecular formula is C18H24N6O. The van der Waals surface area contributed by atoms with E-state index in [1.165, 1.54) is 6.42 Å². The summed E-state index contributed by atoms with van der Waals surface area (Å²) >= 11 is 0. The quantitative estimate of drug-likeness (QED) is 0.778. The third kappa shape index (κ3) is 2.94. The number of nitrogens with two attached hydrogens (primary N) is 2. The van der Waals surface area contributed by atoms with Crippen molar-refractivity contribution in [1.29, 1.82) is 0 Å². The van der Waals surface area contributed by atoms with E-state index in [-0.39, 0.29) is 11.9 Å². The monoisotopic (exact) mass is 340 g/mol. The Kier molecular flexibility index (Phi) is 3.86. The lowest BCUT2D eigenvalue weighted by molar-refractivity contribution is 0.0951. The highest BCUT2D eigenvalue weighted by molar-refractivity contribution is 6.10. The summed E-state index contributed by atoms with van der Waals surface area (Å²) in [7, 11) is 0. The zero-order chi connectivity index (χ0) is 17.4. The maximum absolute atomic E-state index is 12.7. The zero-order valence-corrected chi connectivity index (χ0v) is 14.2. The fraction of sp³-hybridized carbons (Fsp3) is 0.500. The Hall–Kier alpha value is -2.57. The second-order valence-corrected chi connectivity index (χ2v) is 7.08. The first-order valence-corrected chi connectivity index (χ1v) is 8.99. The van der Waals surface area contributed by atoms with Crippen LogP contribution in [0.3, 0.4) is 0 Å². The Labute approximate surface area is 147 Å². The van der Waals surface area contributed by atoms with E-state index < -0.39 is 5.66 Å². The number of hydrogen-bond donors (Lipinski definition) is 3. The summed E-state index contributed by atoms with van der Waals surface area (Å²) in [5, 5.41) is 3.06. The molecule has 5 N–H and O–H groups in total. The van der Waals surface area contributed by atoms with E-state index in [9.17, 15) is 4.79 Å². The van der Waals surface area contributed by atoms with Gasteiger partial charge in [-0.15, -0.1) is 0 Å². The highest BCUT2D eigenvalue weighted by Gasteiger charge is 2.43. The Balaban J connectivity index is 1.76. The van der Waals surface area contributed by atoms with E-state index in [2.05, 4.69) is 15.3 Å². The predicted octanol–water partition coefficient (Wildman–Crippen LogP) is 1.69. The van der Waals surface area contributed by atoms with Crippen molar-refractivity contribution in [2.24, 2.45) is 21.5 Å². The fourth-order valence-corrected chi connectivity index (χ4v) is 3.82. The number of carbonyl (C=O) groups excluding carboxylic acids is 1. The molecule has 1 spiro atoms. The average Bonchev–Trinajstić information content (AvgIpc) is 3.39. The number of nitrogens with one attached hydrogen (secondary N) is 1. The molecule has 0 aromatic heterocycles. The molecule has 3 aliphatic rings. The number of guanidine groups is 2. The molecule has 1 amide bonds. The topological polar surface area (TPSA) is 109 Å². The van der Waals surface area contributed by atoms with Crippen LogP contribution in [0, 0.1) is 0 Å². The van der Waals surface area contributed by atoms with E-state index in [1.54, 1.807) is 0 Å². The number of para-hydroxylation sites is 1. The van der Waals surface area contributed by atoms with Crippen molar-refractivity contribution in [1.82, 2.24) is 5.32 Å². The van der Waals surface area contributed by atoms with Crippen molar-refractivity contribution in [2.75, 3.05) is 4.90 Å². The Morgan fingerprint density at radius 3 is 2.60 bits per heavy atom. The molecule has 0 unspecified atom stereocenters. The molecule has 2 aliphatic carbocycles. The van der Waals surface area contributed by atoms with Gasteiger partial charge in [0.15, 0.2) is 0 Å². The third-order valence-corrected chi connectivity index (χ3v) is 5.15. The summed E-state index contributed by atoms with van der Waals surface area (Å²) < 4.78 is 0. The van der Waals surface area contributed by atoms with E-state index in [4.69, 9.17) is 11.5 Å². The van der Waals surface area contributed by atoms with E-state index >= 15 is 0 Å². The molecule has 1 aromatic rings. The highest BCUT2D eigenvalue weighted by atomic mass is 16.1. The number of benzene rings is 1. The molecule has 0 radical (unpaired) electrons. The van der Waals surface area contributed by atoms with Crippen LogP contribution in [0.1, 0.15) is 55.3 Å². The summed E-state index contributed by atoms with van der Waals surface area (Å²) in [5.74, 6) is 0.455. The Bertz CT molecular complexity index is 746. The normalized spacial score (nSPS) is 22.3. The van der Waals surface area contributed by atoms with Gasteiger partial charge in [0.1, 0.15) is 5.66 Å². The van der Waals surface area contributed by atoms with Crippen molar-refractivity contribution < 1.29 is 4.79 Å². The van der Waals surface area contributed by atoms with Gasteiger partial charge in [-0.2, -0.15) is 4.99 Å². The molecule has 2 fully saturated rings. The minimum atomic E-state index is -0.538. The fourth-order valence-electron chi connectivity index (χ4n) is 3.82. The lowest BCUT2D eigenvalue weighted by Crippen LogP contribution is -2.58. The number of carbonyl (C=O) groups is 1. The van der Waals surface area contributed by atoms with Crippen molar-refractivity contribution in [3.05, 3.63) is 29.8 Å². The molecule has 2 saturated carbocycles. The number of rotatable bonds is 3. The van der Waals surface area contributed by atoms with Gasteiger partial charge < -0.3 is 16.8 Å². The average molecular weight is 340 g/mol. The first-order valence-electron chi connectivity index (χ1n) is 8.99. The predicted molar refractivity (Wildman–Crippen MR) is 98.5 cm³/mol. The van der Waals surface area contributed by atoms with Crippen LogP contribution in [0.15, 0.2) is 34.3 Å². The van der Waals surface area contributed by atoms with Gasteiger partial charge >= 0.3 is 0 Å². The SMILES string of the molecule is NC1=NC2(CCCCC2)N(c2ccccc2C(=O)NC2CC2)C(N)=N1. The van der Waals surface area contributed by atoms with Crippen LogP contribution in [-0.4, -0.2) is 29.5 Å². The van der Waals surface area contributed by atoms with E-state index in [0.717, 1.165) is 44.2 Å². The minimum Gasteiger partial charge on any atom is -0.369 e. The van der Waals surface area contributed by atoms with Crippen LogP contribution in [0.25, 0.3) is 0 Å². The first-order chi connectivity index (χ1) is 12.1. The summed E-state index contributed by atoms with van der Waals surface area (Å²) in [6, 6.07) is 7.82.